The first-order valence-electron chi connectivity index (χ1n) is 4.22. The number of hydrogen-bond donors (Lipinski definition) is 1. The number of aryl methyl sites for hydroxylation is 1. The number of halogens is 2. The summed E-state index contributed by atoms with van der Waals surface area (Å²) in [5, 5.41) is 11.5. The Bertz CT molecular complexity index is 529. The van der Waals surface area contributed by atoms with E-state index >= 15 is 0 Å². The summed E-state index contributed by atoms with van der Waals surface area (Å²) in [5.74, 6) is -0.369. The monoisotopic (exact) mass is 303 g/mol. The molecule has 1 heterocycles. The highest BCUT2D eigenvalue weighted by molar-refractivity contribution is 9.10. The van der Waals surface area contributed by atoms with E-state index in [1.165, 1.54) is 28.6 Å². The van der Waals surface area contributed by atoms with Crippen molar-refractivity contribution in [2.75, 3.05) is 5.73 Å². The molecule has 0 fully saturated rings. The van der Waals surface area contributed by atoms with Crippen molar-refractivity contribution in [3.8, 4) is 0 Å². The lowest BCUT2D eigenvalue weighted by Gasteiger charge is -2.05. The maximum Gasteiger partial charge on any atom is 0.213 e. The molecule has 2 N–H and O–H groups in total. The number of tetrazole rings is 1. The third-order valence-corrected chi connectivity index (χ3v) is 3.54. The largest absolute Gasteiger partial charge is 0.398 e. The zero-order valence-corrected chi connectivity index (χ0v) is 10.6. The van der Waals surface area contributed by atoms with Gasteiger partial charge in [0.1, 0.15) is 5.82 Å². The van der Waals surface area contributed by atoms with Crippen molar-refractivity contribution in [3.05, 3.63) is 22.4 Å². The molecular weight excluding hydrogens is 297 g/mol. The van der Waals surface area contributed by atoms with Crippen LogP contribution in [0.2, 0.25) is 0 Å². The van der Waals surface area contributed by atoms with Gasteiger partial charge in [-0.15, -0.1) is 5.10 Å². The fraction of sp³-hybridized carbons (Fsp3) is 0.125. The van der Waals surface area contributed by atoms with Crippen molar-refractivity contribution >= 4 is 33.4 Å². The number of benzene rings is 1. The maximum atomic E-state index is 13.3. The molecule has 0 aliphatic carbocycles. The summed E-state index contributed by atoms with van der Waals surface area (Å²) in [6.07, 6.45) is 0. The van der Waals surface area contributed by atoms with Gasteiger partial charge in [-0.2, -0.15) is 0 Å². The molecule has 0 radical (unpaired) electrons. The first-order valence-corrected chi connectivity index (χ1v) is 5.83. The number of hydrogen-bond acceptors (Lipinski definition) is 5. The Balaban J connectivity index is 2.35. The minimum Gasteiger partial charge on any atom is -0.398 e. The molecule has 2 aromatic rings. The molecule has 1 aromatic heterocycles. The lowest BCUT2D eigenvalue weighted by atomic mass is 10.3. The highest BCUT2D eigenvalue weighted by atomic mass is 79.9. The Hall–Kier alpha value is -1.15. The van der Waals surface area contributed by atoms with Gasteiger partial charge in [-0.3, -0.25) is 0 Å². The molecule has 0 amide bonds. The van der Waals surface area contributed by atoms with Crippen LogP contribution in [0, 0.1) is 5.82 Å². The molecule has 0 atom stereocenters. The lowest BCUT2D eigenvalue weighted by Crippen LogP contribution is -1.95. The van der Waals surface area contributed by atoms with E-state index in [1.807, 2.05) is 0 Å². The van der Waals surface area contributed by atoms with Crippen molar-refractivity contribution in [1.82, 2.24) is 20.2 Å². The van der Waals surface area contributed by atoms with Gasteiger partial charge >= 0.3 is 0 Å². The molecule has 0 unspecified atom stereocenters. The third kappa shape index (κ3) is 2.17. The number of aromatic nitrogens is 4. The Morgan fingerprint density at radius 3 is 2.88 bits per heavy atom. The Morgan fingerprint density at radius 2 is 2.25 bits per heavy atom. The van der Waals surface area contributed by atoms with E-state index in [1.54, 1.807) is 7.05 Å². The van der Waals surface area contributed by atoms with E-state index in [0.29, 0.717) is 20.2 Å². The predicted molar refractivity (Wildman–Crippen MR) is 61.4 cm³/mol. The molecule has 2 rings (SSSR count). The topological polar surface area (TPSA) is 69.6 Å². The average molecular weight is 304 g/mol. The van der Waals surface area contributed by atoms with E-state index in [-0.39, 0.29) is 5.82 Å². The van der Waals surface area contributed by atoms with E-state index in [9.17, 15) is 4.39 Å². The summed E-state index contributed by atoms with van der Waals surface area (Å²) in [4.78, 5) is 0.582. The second kappa shape index (κ2) is 4.38. The molecule has 5 nitrogen and oxygen atoms in total. The van der Waals surface area contributed by atoms with Crippen molar-refractivity contribution in [3.63, 3.8) is 0 Å². The molecule has 16 heavy (non-hydrogen) atoms. The van der Waals surface area contributed by atoms with E-state index in [4.69, 9.17) is 5.73 Å². The quantitative estimate of drug-likeness (QED) is 0.857. The molecule has 84 valence electrons. The maximum absolute atomic E-state index is 13.3. The van der Waals surface area contributed by atoms with Crippen LogP contribution in [0.3, 0.4) is 0 Å². The minimum atomic E-state index is -0.369. The lowest BCUT2D eigenvalue weighted by molar-refractivity contribution is 0.617. The molecule has 0 spiro atoms. The molecule has 0 saturated carbocycles. The summed E-state index contributed by atoms with van der Waals surface area (Å²) in [6, 6.07) is 2.86. The summed E-state index contributed by atoms with van der Waals surface area (Å²) >= 11 is 4.27. The molecule has 0 aliphatic rings. The summed E-state index contributed by atoms with van der Waals surface area (Å²) in [7, 11) is 1.70. The van der Waals surface area contributed by atoms with E-state index in [2.05, 4.69) is 31.5 Å². The van der Waals surface area contributed by atoms with Crippen LogP contribution in [0.1, 0.15) is 0 Å². The second-order valence-corrected chi connectivity index (χ2v) is 4.85. The van der Waals surface area contributed by atoms with Gasteiger partial charge in [0, 0.05) is 17.6 Å². The van der Waals surface area contributed by atoms with Crippen molar-refractivity contribution in [2.24, 2.45) is 7.05 Å². The summed E-state index contributed by atoms with van der Waals surface area (Å²) in [5.41, 5.74) is 6.23. The smallest absolute Gasteiger partial charge is 0.213 e. The number of rotatable bonds is 2. The van der Waals surface area contributed by atoms with Gasteiger partial charge in [-0.1, -0.05) is 0 Å². The standard InChI is InChI=1S/C8H7BrFN5S/c1-15-8(12-13-14-15)16-7-3-5(10)4(9)2-6(7)11/h2-3H,11H2,1H3. The Morgan fingerprint density at radius 1 is 1.50 bits per heavy atom. The molecule has 0 bridgehead atoms. The molecule has 1 aromatic carbocycles. The van der Waals surface area contributed by atoms with Crippen LogP contribution in [-0.4, -0.2) is 20.2 Å². The van der Waals surface area contributed by atoms with Crippen LogP contribution in [0.5, 0.6) is 0 Å². The molecule has 0 aliphatic heterocycles. The summed E-state index contributed by atoms with van der Waals surface area (Å²) in [6.45, 7) is 0. The number of nitrogens with two attached hydrogens (primary N) is 1. The zero-order chi connectivity index (χ0) is 11.7. The van der Waals surface area contributed by atoms with Gasteiger partial charge in [0.05, 0.1) is 4.47 Å². The first-order chi connectivity index (χ1) is 7.58. The van der Waals surface area contributed by atoms with Gasteiger partial charge in [0.2, 0.25) is 5.16 Å². The highest BCUT2D eigenvalue weighted by Gasteiger charge is 2.10. The molecule has 0 saturated heterocycles. The van der Waals surface area contributed by atoms with E-state index in [0.717, 1.165) is 0 Å². The molecule has 8 heteroatoms. The fourth-order valence-electron chi connectivity index (χ4n) is 1.04. The van der Waals surface area contributed by atoms with Gasteiger partial charge in [0.25, 0.3) is 0 Å². The van der Waals surface area contributed by atoms with Crippen LogP contribution in [0.15, 0.2) is 26.7 Å². The number of nitrogen functional groups attached to an aromatic ring is 1. The van der Waals surface area contributed by atoms with Crippen molar-refractivity contribution < 1.29 is 4.39 Å². The van der Waals surface area contributed by atoms with Crippen LogP contribution in [0.4, 0.5) is 10.1 Å². The fourth-order valence-corrected chi connectivity index (χ4v) is 2.18. The molecular formula is C8H7BrFN5S. The first kappa shape index (κ1) is 11.3. The zero-order valence-electron chi connectivity index (χ0n) is 8.19. The van der Waals surface area contributed by atoms with E-state index < -0.39 is 0 Å². The van der Waals surface area contributed by atoms with Crippen molar-refractivity contribution in [2.45, 2.75) is 10.1 Å². The highest BCUT2D eigenvalue weighted by Crippen LogP contribution is 2.33. The van der Waals surface area contributed by atoms with Gasteiger partial charge in [-0.05, 0) is 50.3 Å². The van der Waals surface area contributed by atoms with Crippen LogP contribution < -0.4 is 5.73 Å². The second-order valence-electron chi connectivity index (χ2n) is 2.99. The van der Waals surface area contributed by atoms with Crippen LogP contribution in [0.25, 0.3) is 0 Å². The normalized spacial score (nSPS) is 10.7. The number of nitrogens with zero attached hydrogens (tertiary/aromatic N) is 4. The van der Waals surface area contributed by atoms with Gasteiger partial charge in [-0.25, -0.2) is 9.07 Å². The minimum absolute atomic E-state index is 0.338. The average Bonchev–Trinajstić information content (AvgIpc) is 2.61. The Labute approximate surface area is 103 Å². The van der Waals surface area contributed by atoms with Crippen molar-refractivity contribution in [1.29, 1.82) is 0 Å². The van der Waals surface area contributed by atoms with Gasteiger partial charge < -0.3 is 5.73 Å². The Kier molecular flexibility index (Phi) is 3.10. The number of anilines is 1. The van der Waals surface area contributed by atoms with Crippen LogP contribution >= 0.6 is 27.7 Å². The summed E-state index contributed by atoms with van der Waals surface area (Å²) < 4.78 is 15.1. The predicted octanol–water partition coefficient (Wildman–Crippen LogP) is 1.85. The SMILES string of the molecule is Cn1nnnc1Sc1cc(F)c(Br)cc1N. The van der Waals surface area contributed by atoms with Crippen LogP contribution in [-0.2, 0) is 7.05 Å². The van der Waals surface area contributed by atoms with Gasteiger partial charge in [0.15, 0.2) is 0 Å². The third-order valence-electron chi connectivity index (χ3n) is 1.84.